The molecule has 2 rings (SSSR count). The molecule has 4 nitrogen and oxygen atoms in total. The molecule has 0 spiro atoms. The minimum Gasteiger partial charge on any atom is -0.316 e. The molecule has 1 aliphatic heterocycles. The molecule has 0 saturated carbocycles. The van der Waals surface area contributed by atoms with Crippen LogP contribution in [0.2, 0.25) is 5.02 Å². The number of nitrogens with one attached hydrogen (secondary N) is 2. The number of aryl methyl sites for hydroxylation is 1. The Kier molecular flexibility index (Phi) is 6.28. The van der Waals surface area contributed by atoms with Gasteiger partial charge in [-0.2, -0.15) is 0 Å². The van der Waals surface area contributed by atoms with E-state index in [2.05, 4.69) is 10.0 Å². The molecule has 0 bridgehead atoms. The van der Waals surface area contributed by atoms with Gasteiger partial charge in [-0.15, -0.1) is 12.4 Å². The molecule has 1 aliphatic rings. The summed E-state index contributed by atoms with van der Waals surface area (Å²) in [5.41, 5.74) is 0.767. The minimum absolute atomic E-state index is 0. The Morgan fingerprint density at radius 1 is 1.40 bits per heavy atom. The maximum atomic E-state index is 12.4. The summed E-state index contributed by atoms with van der Waals surface area (Å²) in [6, 6.07) is 5.02. The summed E-state index contributed by atoms with van der Waals surface area (Å²) in [6.45, 7) is 5.50. The second-order valence-corrected chi connectivity index (χ2v) is 7.15. The molecular weight excluding hydrogens is 319 g/mol. The number of sulfonamides is 1. The van der Waals surface area contributed by atoms with Crippen LogP contribution in [0.5, 0.6) is 0 Å². The topological polar surface area (TPSA) is 58.2 Å². The molecule has 114 valence electrons. The maximum absolute atomic E-state index is 12.4. The van der Waals surface area contributed by atoms with E-state index >= 15 is 0 Å². The number of hydrogen-bond donors (Lipinski definition) is 2. The fourth-order valence-corrected chi connectivity index (χ4v) is 4.24. The highest BCUT2D eigenvalue weighted by molar-refractivity contribution is 7.89. The van der Waals surface area contributed by atoms with Crippen molar-refractivity contribution in [1.29, 1.82) is 0 Å². The van der Waals surface area contributed by atoms with Crippen LogP contribution in [0.3, 0.4) is 0 Å². The second-order valence-electron chi connectivity index (χ2n) is 5.08. The van der Waals surface area contributed by atoms with Gasteiger partial charge in [0.1, 0.15) is 4.90 Å². The first-order chi connectivity index (χ1) is 8.92. The second kappa shape index (κ2) is 7.09. The molecule has 1 aromatic carbocycles. The Bertz CT molecular complexity index is 563. The standard InChI is InChI=1S/C13H19ClN2O2S.ClH/c1-9-4-3-5-12(13(9)14)19(17,18)16-11-6-7-15-8-10(11)2;/h3-5,10-11,15-16H,6-8H2,1-2H3;1H. The molecule has 2 N–H and O–H groups in total. The van der Waals surface area contributed by atoms with E-state index in [1.54, 1.807) is 25.1 Å². The lowest BCUT2D eigenvalue weighted by atomic mass is 9.97. The summed E-state index contributed by atoms with van der Waals surface area (Å²) in [4.78, 5) is 0.167. The van der Waals surface area contributed by atoms with E-state index in [4.69, 9.17) is 11.6 Å². The first-order valence-electron chi connectivity index (χ1n) is 6.40. The lowest BCUT2D eigenvalue weighted by molar-refractivity contribution is 0.328. The third-order valence-electron chi connectivity index (χ3n) is 3.54. The van der Waals surface area contributed by atoms with Gasteiger partial charge in [0, 0.05) is 6.04 Å². The van der Waals surface area contributed by atoms with Crippen LogP contribution < -0.4 is 10.0 Å². The normalized spacial score (nSPS) is 23.1. The minimum atomic E-state index is -3.56. The van der Waals surface area contributed by atoms with E-state index in [9.17, 15) is 8.42 Å². The van der Waals surface area contributed by atoms with Gasteiger partial charge < -0.3 is 5.32 Å². The predicted molar refractivity (Wildman–Crippen MR) is 84.2 cm³/mol. The number of hydrogen-bond acceptors (Lipinski definition) is 3. The summed E-state index contributed by atoms with van der Waals surface area (Å²) in [5, 5.41) is 3.55. The highest BCUT2D eigenvalue weighted by atomic mass is 35.5. The van der Waals surface area contributed by atoms with Gasteiger partial charge in [0.2, 0.25) is 10.0 Å². The number of rotatable bonds is 3. The summed E-state index contributed by atoms with van der Waals surface area (Å²) in [6.07, 6.45) is 0.795. The summed E-state index contributed by atoms with van der Waals surface area (Å²) in [5.74, 6) is 0.270. The Morgan fingerprint density at radius 2 is 2.10 bits per heavy atom. The van der Waals surface area contributed by atoms with Crippen molar-refractivity contribution in [2.75, 3.05) is 13.1 Å². The van der Waals surface area contributed by atoms with Gasteiger partial charge in [0.05, 0.1) is 5.02 Å². The van der Waals surface area contributed by atoms with Crippen LogP contribution in [-0.2, 0) is 10.0 Å². The van der Waals surface area contributed by atoms with Crippen molar-refractivity contribution in [1.82, 2.24) is 10.0 Å². The summed E-state index contributed by atoms with van der Waals surface area (Å²) in [7, 11) is -3.56. The Labute approximate surface area is 131 Å². The van der Waals surface area contributed by atoms with Crippen molar-refractivity contribution in [3.05, 3.63) is 28.8 Å². The molecule has 20 heavy (non-hydrogen) atoms. The van der Waals surface area contributed by atoms with E-state index in [0.717, 1.165) is 25.1 Å². The molecule has 0 radical (unpaired) electrons. The van der Waals surface area contributed by atoms with Crippen LogP contribution in [0, 0.1) is 12.8 Å². The Balaban J connectivity index is 0.00000200. The van der Waals surface area contributed by atoms with E-state index in [0.29, 0.717) is 5.02 Å². The van der Waals surface area contributed by atoms with Crippen molar-refractivity contribution in [2.24, 2.45) is 5.92 Å². The van der Waals surface area contributed by atoms with Gasteiger partial charge in [-0.1, -0.05) is 30.7 Å². The first-order valence-corrected chi connectivity index (χ1v) is 8.26. The molecule has 1 heterocycles. The van der Waals surface area contributed by atoms with E-state index in [1.807, 2.05) is 6.92 Å². The lowest BCUT2D eigenvalue weighted by Crippen LogP contribution is -2.48. The number of benzene rings is 1. The average molecular weight is 339 g/mol. The van der Waals surface area contributed by atoms with Crippen LogP contribution in [0.1, 0.15) is 18.9 Å². The molecule has 1 aromatic rings. The van der Waals surface area contributed by atoms with Gasteiger partial charge in [0.25, 0.3) is 0 Å². The zero-order chi connectivity index (χ0) is 14.0. The quantitative estimate of drug-likeness (QED) is 0.889. The maximum Gasteiger partial charge on any atom is 0.242 e. The molecule has 7 heteroatoms. The molecule has 0 amide bonds. The molecule has 2 atom stereocenters. The molecule has 0 aromatic heterocycles. The average Bonchev–Trinajstić information content (AvgIpc) is 2.35. The molecule has 2 unspecified atom stereocenters. The van der Waals surface area contributed by atoms with Crippen molar-refractivity contribution in [3.63, 3.8) is 0 Å². The van der Waals surface area contributed by atoms with Crippen LogP contribution in [-0.4, -0.2) is 27.5 Å². The van der Waals surface area contributed by atoms with Crippen LogP contribution in [0.15, 0.2) is 23.1 Å². The lowest BCUT2D eigenvalue weighted by Gasteiger charge is -2.30. The van der Waals surface area contributed by atoms with Gasteiger partial charge >= 0.3 is 0 Å². The smallest absolute Gasteiger partial charge is 0.242 e. The highest BCUT2D eigenvalue weighted by Gasteiger charge is 2.28. The zero-order valence-electron chi connectivity index (χ0n) is 11.5. The zero-order valence-corrected chi connectivity index (χ0v) is 13.9. The van der Waals surface area contributed by atoms with Crippen molar-refractivity contribution in [2.45, 2.75) is 31.2 Å². The Hall–Kier alpha value is -0.330. The fraction of sp³-hybridized carbons (Fsp3) is 0.538. The predicted octanol–water partition coefficient (Wildman–Crippen LogP) is 2.35. The first kappa shape index (κ1) is 17.7. The van der Waals surface area contributed by atoms with E-state index in [1.165, 1.54) is 0 Å². The third kappa shape index (κ3) is 3.86. The summed E-state index contributed by atoms with van der Waals surface area (Å²) >= 11 is 6.10. The van der Waals surface area contributed by atoms with Crippen molar-refractivity contribution >= 4 is 34.0 Å². The van der Waals surface area contributed by atoms with Gasteiger partial charge in [-0.3, -0.25) is 0 Å². The Morgan fingerprint density at radius 3 is 2.75 bits per heavy atom. The van der Waals surface area contributed by atoms with Crippen LogP contribution in [0.25, 0.3) is 0 Å². The molecule has 1 fully saturated rings. The number of piperidine rings is 1. The van der Waals surface area contributed by atoms with Crippen molar-refractivity contribution in [3.8, 4) is 0 Å². The van der Waals surface area contributed by atoms with E-state index in [-0.39, 0.29) is 29.3 Å². The van der Waals surface area contributed by atoms with Crippen molar-refractivity contribution < 1.29 is 8.42 Å². The fourth-order valence-electron chi connectivity index (χ4n) is 2.28. The largest absolute Gasteiger partial charge is 0.316 e. The third-order valence-corrected chi connectivity index (χ3v) is 5.68. The monoisotopic (exact) mass is 338 g/mol. The van der Waals surface area contributed by atoms with Gasteiger partial charge in [0.15, 0.2) is 0 Å². The van der Waals surface area contributed by atoms with Gasteiger partial charge in [-0.25, -0.2) is 13.1 Å². The van der Waals surface area contributed by atoms with Gasteiger partial charge in [-0.05, 0) is 44.0 Å². The highest BCUT2D eigenvalue weighted by Crippen LogP contribution is 2.25. The SMILES string of the molecule is Cc1cccc(S(=O)(=O)NC2CCNCC2C)c1Cl.Cl. The summed E-state index contributed by atoms with van der Waals surface area (Å²) < 4.78 is 27.6. The van der Waals surface area contributed by atoms with Crippen LogP contribution in [0.4, 0.5) is 0 Å². The molecule has 0 aliphatic carbocycles. The van der Waals surface area contributed by atoms with E-state index < -0.39 is 10.0 Å². The molecule has 1 saturated heterocycles. The molecular formula is C13H20Cl2N2O2S. The number of halogens is 2. The van der Waals surface area contributed by atoms with Crippen LogP contribution >= 0.6 is 24.0 Å².